The summed E-state index contributed by atoms with van der Waals surface area (Å²) in [5, 5.41) is 12.8. The number of halogens is 1. The fourth-order valence-electron chi connectivity index (χ4n) is 4.81. The van der Waals surface area contributed by atoms with E-state index in [4.69, 9.17) is 4.74 Å². The van der Waals surface area contributed by atoms with Crippen LogP contribution in [-0.2, 0) is 6.54 Å². The number of nitrogens with one attached hydrogen (secondary N) is 3. The van der Waals surface area contributed by atoms with Gasteiger partial charge in [0, 0.05) is 65.2 Å². The van der Waals surface area contributed by atoms with Crippen LogP contribution in [0.2, 0.25) is 0 Å². The summed E-state index contributed by atoms with van der Waals surface area (Å²) in [7, 11) is 3.94. The van der Waals surface area contributed by atoms with Crippen LogP contribution in [0.15, 0.2) is 67.3 Å². The van der Waals surface area contributed by atoms with E-state index in [2.05, 4.69) is 48.4 Å². The van der Waals surface area contributed by atoms with Gasteiger partial charge in [-0.1, -0.05) is 6.92 Å². The molecule has 0 aliphatic heterocycles. The Balaban J connectivity index is 1.37. The van der Waals surface area contributed by atoms with Gasteiger partial charge in [-0.2, -0.15) is 5.10 Å². The molecule has 0 unspecified atom stereocenters. The van der Waals surface area contributed by atoms with Gasteiger partial charge in [0.15, 0.2) is 0 Å². The maximum absolute atomic E-state index is 14.6. The van der Waals surface area contributed by atoms with Crippen LogP contribution in [0.4, 0.5) is 4.39 Å². The summed E-state index contributed by atoms with van der Waals surface area (Å²) in [6.07, 6.45) is 7.19. The topological polar surface area (TPSA) is 108 Å². The second-order valence-corrected chi connectivity index (χ2v) is 10.2. The van der Waals surface area contributed by atoms with Crippen molar-refractivity contribution in [3.05, 3.63) is 78.6 Å². The van der Waals surface area contributed by atoms with Crippen LogP contribution >= 0.6 is 0 Å². The lowest BCUT2D eigenvalue weighted by Gasteiger charge is -2.12. The molecule has 5 heterocycles. The summed E-state index contributed by atoms with van der Waals surface area (Å²) >= 11 is 0. The molecule has 0 fully saturated rings. The molecule has 0 amide bonds. The van der Waals surface area contributed by atoms with Gasteiger partial charge in [0.1, 0.15) is 23.9 Å². The number of nitrogens with zero attached hydrogens (tertiary/aromatic N) is 5. The second kappa shape index (κ2) is 11.4. The first-order valence-electron chi connectivity index (χ1n) is 13.5. The highest BCUT2D eigenvalue weighted by molar-refractivity contribution is 6.00. The molecule has 208 valence electrons. The first-order valence-corrected chi connectivity index (χ1v) is 13.5. The van der Waals surface area contributed by atoms with Gasteiger partial charge < -0.3 is 19.9 Å². The van der Waals surface area contributed by atoms with Crippen molar-refractivity contribution in [1.82, 2.24) is 40.3 Å². The maximum atomic E-state index is 14.6. The van der Waals surface area contributed by atoms with Gasteiger partial charge in [-0.25, -0.2) is 4.39 Å². The molecule has 0 radical (unpaired) electrons. The standard InChI is InChI=1S/C31H31FN8O/c1-4-33-15-19-9-21(17-34-16-19)27-13-25-29(18-36-27)38-39-31(25)28-14-24-26(37-28)5-6-35-30(24)20-10-22(32)12-23(11-20)41-8-7-40(2)3/h5-6,9-14,16-18,33,37H,4,7-8,15H2,1-3H3,(H,38,39). The quantitative estimate of drug-likeness (QED) is 0.209. The molecule has 0 saturated heterocycles. The number of pyridine rings is 3. The summed E-state index contributed by atoms with van der Waals surface area (Å²) in [5.41, 5.74) is 7.41. The zero-order valence-corrected chi connectivity index (χ0v) is 23.2. The summed E-state index contributed by atoms with van der Waals surface area (Å²) in [5.74, 6) is 0.0954. The summed E-state index contributed by atoms with van der Waals surface area (Å²) < 4.78 is 20.4. The summed E-state index contributed by atoms with van der Waals surface area (Å²) in [6, 6.07) is 12.7. The van der Waals surface area contributed by atoms with Crippen molar-refractivity contribution in [1.29, 1.82) is 0 Å². The predicted molar refractivity (Wildman–Crippen MR) is 159 cm³/mol. The summed E-state index contributed by atoms with van der Waals surface area (Å²) in [6.45, 7) is 4.90. The third-order valence-electron chi connectivity index (χ3n) is 6.87. The number of likely N-dealkylation sites (N-methyl/N-ethyl adjacent to an activating group) is 1. The van der Waals surface area contributed by atoms with Crippen molar-refractivity contribution < 1.29 is 9.13 Å². The fourth-order valence-corrected chi connectivity index (χ4v) is 4.81. The van der Waals surface area contributed by atoms with Crippen LogP contribution in [0.3, 0.4) is 0 Å². The molecule has 0 spiro atoms. The minimum Gasteiger partial charge on any atom is -0.492 e. The van der Waals surface area contributed by atoms with Gasteiger partial charge in [-0.05, 0) is 62.6 Å². The Kier molecular flexibility index (Phi) is 7.41. The average Bonchev–Trinajstić information content (AvgIpc) is 3.59. The molecule has 0 aliphatic rings. The number of aromatic nitrogens is 6. The van der Waals surface area contributed by atoms with Crippen LogP contribution in [-0.4, -0.2) is 68.8 Å². The fraction of sp³-hybridized carbons (Fsp3) is 0.226. The molecule has 6 aromatic rings. The first kappa shape index (κ1) is 26.5. The van der Waals surface area contributed by atoms with Gasteiger partial charge in [-0.3, -0.25) is 20.1 Å². The Hall–Kier alpha value is -4.67. The van der Waals surface area contributed by atoms with E-state index >= 15 is 0 Å². The van der Waals surface area contributed by atoms with Gasteiger partial charge >= 0.3 is 0 Å². The lowest BCUT2D eigenvalue weighted by Crippen LogP contribution is -2.19. The van der Waals surface area contributed by atoms with Crippen LogP contribution in [0.5, 0.6) is 5.75 Å². The number of fused-ring (bicyclic) bond motifs is 2. The molecular formula is C31H31FN8O. The lowest BCUT2D eigenvalue weighted by atomic mass is 10.1. The SMILES string of the molecule is CCNCc1cncc(-c2cc3c(-c4cc5c(-c6cc(F)cc(OCCN(C)C)c6)nccc5[nH]4)n[nH]c3cn2)c1. The van der Waals surface area contributed by atoms with E-state index in [9.17, 15) is 4.39 Å². The Labute approximate surface area is 236 Å². The third-order valence-corrected chi connectivity index (χ3v) is 6.87. The average molecular weight is 551 g/mol. The molecule has 3 N–H and O–H groups in total. The molecule has 0 aliphatic carbocycles. The smallest absolute Gasteiger partial charge is 0.127 e. The Morgan fingerprint density at radius 2 is 1.80 bits per heavy atom. The minimum absolute atomic E-state index is 0.376. The highest BCUT2D eigenvalue weighted by Crippen LogP contribution is 2.35. The number of aromatic amines is 2. The van der Waals surface area contributed by atoms with E-state index < -0.39 is 0 Å². The highest BCUT2D eigenvalue weighted by atomic mass is 19.1. The Morgan fingerprint density at radius 3 is 2.66 bits per heavy atom. The highest BCUT2D eigenvalue weighted by Gasteiger charge is 2.16. The van der Waals surface area contributed by atoms with Crippen molar-refractivity contribution in [2.24, 2.45) is 0 Å². The van der Waals surface area contributed by atoms with Crippen LogP contribution in [0.25, 0.3) is 55.7 Å². The first-order chi connectivity index (χ1) is 20.0. The number of hydrogen-bond acceptors (Lipinski definition) is 7. The van der Waals surface area contributed by atoms with E-state index in [0.717, 1.165) is 69.6 Å². The molecule has 0 atom stereocenters. The normalized spacial score (nSPS) is 11.6. The Bertz CT molecular complexity index is 1830. The molecule has 10 heteroatoms. The largest absolute Gasteiger partial charge is 0.492 e. The van der Waals surface area contributed by atoms with E-state index in [1.54, 1.807) is 12.4 Å². The van der Waals surface area contributed by atoms with Gasteiger partial charge in [0.25, 0.3) is 0 Å². The van der Waals surface area contributed by atoms with Crippen molar-refractivity contribution in [3.8, 4) is 39.7 Å². The molecule has 6 rings (SSSR count). The van der Waals surface area contributed by atoms with Crippen LogP contribution in [0.1, 0.15) is 12.5 Å². The molecular weight excluding hydrogens is 519 g/mol. The molecule has 0 saturated carbocycles. The van der Waals surface area contributed by atoms with E-state index in [0.29, 0.717) is 23.6 Å². The number of rotatable bonds is 10. The third kappa shape index (κ3) is 5.65. The summed E-state index contributed by atoms with van der Waals surface area (Å²) in [4.78, 5) is 19.2. The van der Waals surface area contributed by atoms with Gasteiger partial charge in [-0.15, -0.1) is 0 Å². The van der Waals surface area contributed by atoms with Gasteiger partial charge in [0.05, 0.1) is 28.8 Å². The zero-order valence-electron chi connectivity index (χ0n) is 23.2. The zero-order chi connectivity index (χ0) is 28.3. The van der Waals surface area contributed by atoms with E-state index in [1.807, 2.05) is 55.7 Å². The minimum atomic E-state index is -0.376. The van der Waals surface area contributed by atoms with Crippen molar-refractivity contribution in [3.63, 3.8) is 0 Å². The molecule has 5 aromatic heterocycles. The second-order valence-electron chi connectivity index (χ2n) is 10.2. The lowest BCUT2D eigenvalue weighted by molar-refractivity contribution is 0.260. The van der Waals surface area contributed by atoms with Crippen molar-refractivity contribution in [2.75, 3.05) is 33.8 Å². The van der Waals surface area contributed by atoms with E-state index in [-0.39, 0.29) is 5.82 Å². The van der Waals surface area contributed by atoms with Crippen LogP contribution < -0.4 is 10.1 Å². The van der Waals surface area contributed by atoms with Crippen molar-refractivity contribution in [2.45, 2.75) is 13.5 Å². The number of hydrogen-bond donors (Lipinski definition) is 3. The number of benzene rings is 1. The number of ether oxygens (including phenoxy) is 1. The molecule has 0 bridgehead atoms. The van der Waals surface area contributed by atoms with E-state index in [1.165, 1.54) is 12.1 Å². The van der Waals surface area contributed by atoms with Gasteiger partial charge in [0.2, 0.25) is 0 Å². The monoisotopic (exact) mass is 550 g/mol. The molecule has 9 nitrogen and oxygen atoms in total. The Morgan fingerprint density at radius 1 is 0.927 bits per heavy atom. The molecule has 41 heavy (non-hydrogen) atoms. The number of H-pyrrole nitrogens is 2. The van der Waals surface area contributed by atoms with Crippen molar-refractivity contribution >= 4 is 21.8 Å². The molecule has 1 aromatic carbocycles. The van der Waals surface area contributed by atoms with Crippen LogP contribution in [0, 0.1) is 5.82 Å². The predicted octanol–water partition coefficient (Wildman–Crippen LogP) is 5.42. The maximum Gasteiger partial charge on any atom is 0.127 e.